The summed E-state index contributed by atoms with van der Waals surface area (Å²) in [6.45, 7) is 5.64. The molecule has 1 saturated carbocycles. The third kappa shape index (κ3) is 4.17. The molecule has 4 atom stereocenters. The van der Waals surface area contributed by atoms with E-state index in [-0.39, 0.29) is 47.8 Å². The zero-order valence-electron chi connectivity index (χ0n) is 17.5. The van der Waals surface area contributed by atoms with E-state index in [0.29, 0.717) is 24.6 Å². The van der Waals surface area contributed by atoms with Crippen molar-refractivity contribution < 1.29 is 9.59 Å². The number of hydrogen-bond acceptors (Lipinski definition) is 3. The molecule has 3 aliphatic rings. The third-order valence-electron chi connectivity index (χ3n) is 7.25. The lowest BCUT2D eigenvalue weighted by Gasteiger charge is -2.44. The number of nitrogens with two attached hydrogens (primary N) is 1. The summed E-state index contributed by atoms with van der Waals surface area (Å²) in [5.41, 5.74) is 6.87. The van der Waals surface area contributed by atoms with Crippen molar-refractivity contribution >= 4 is 24.2 Å². The Morgan fingerprint density at radius 1 is 1.07 bits per heavy atom. The average Bonchev–Trinajstić information content (AvgIpc) is 3.09. The first kappa shape index (κ1) is 22.1. The summed E-state index contributed by atoms with van der Waals surface area (Å²) in [4.78, 5) is 30.9. The second-order valence-corrected chi connectivity index (χ2v) is 9.59. The van der Waals surface area contributed by atoms with Crippen molar-refractivity contribution in [2.45, 2.75) is 70.5 Å². The number of carbonyl (C=O) groups is 2. The van der Waals surface area contributed by atoms with Crippen molar-refractivity contribution in [2.24, 2.45) is 17.1 Å². The fourth-order valence-corrected chi connectivity index (χ4v) is 5.48. The van der Waals surface area contributed by atoms with Crippen molar-refractivity contribution in [3.05, 3.63) is 35.9 Å². The van der Waals surface area contributed by atoms with Crippen molar-refractivity contribution in [1.82, 2.24) is 9.80 Å². The van der Waals surface area contributed by atoms with Gasteiger partial charge in [-0.05, 0) is 49.1 Å². The van der Waals surface area contributed by atoms with Gasteiger partial charge in [0.2, 0.25) is 5.91 Å². The van der Waals surface area contributed by atoms with Gasteiger partial charge in [-0.15, -0.1) is 12.4 Å². The first-order valence-corrected chi connectivity index (χ1v) is 10.8. The van der Waals surface area contributed by atoms with Crippen LogP contribution in [0.5, 0.6) is 0 Å². The highest BCUT2D eigenvalue weighted by Gasteiger charge is 2.49. The molecule has 6 heteroatoms. The zero-order chi connectivity index (χ0) is 19.9. The molecule has 2 amide bonds. The van der Waals surface area contributed by atoms with Crippen molar-refractivity contribution in [2.75, 3.05) is 13.1 Å². The Bertz CT molecular complexity index is 739. The van der Waals surface area contributed by atoms with Gasteiger partial charge in [0, 0.05) is 30.7 Å². The minimum absolute atomic E-state index is 0. The van der Waals surface area contributed by atoms with Gasteiger partial charge >= 0.3 is 0 Å². The van der Waals surface area contributed by atoms with E-state index in [0.717, 1.165) is 32.1 Å². The number of nitrogens with zero attached hydrogens (tertiary/aromatic N) is 2. The van der Waals surface area contributed by atoms with Gasteiger partial charge < -0.3 is 15.5 Å². The molecule has 2 saturated heterocycles. The predicted octanol–water partition coefficient (Wildman–Crippen LogP) is 3.47. The Hall–Kier alpha value is -1.59. The number of benzene rings is 1. The summed E-state index contributed by atoms with van der Waals surface area (Å²) in [5, 5.41) is 0. The summed E-state index contributed by atoms with van der Waals surface area (Å²) >= 11 is 0. The van der Waals surface area contributed by atoms with Gasteiger partial charge in [-0.2, -0.15) is 0 Å². The molecular weight excluding hydrogens is 386 g/mol. The molecule has 2 N–H and O–H groups in total. The summed E-state index contributed by atoms with van der Waals surface area (Å²) in [6, 6.07) is 9.43. The first-order valence-electron chi connectivity index (χ1n) is 10.8. The van der Waals surface area contributed by atoms with E-state index < -0.39 is 0 Å². The molecule has 0 radical (unpaired) electrons. The third-order valence-corrected chi connectivity index (χ3v) is 7.25. The SMILES string of the molecule is CC1(C)CN(C(=O)C2CC3CCCCC3N2C(=O)c2ccccc2)CCC1N.Cl. The highest BCUT2D eigenvalue weighted by Crippen LogP contribution is 2.41. The highest BCUT2D eigenvalue weighted by molar-refractivity contribution is 5.98. The number of hydrogen-bond donors (Lipinski definition) is 1. The Balaban J connectivity index is 0.00000240. The molecule has 4 rings (SSSR count). The summed E-state index contributed by atoms with van der Waals surface area (Å²) in [6.07, 6.45) is 6.13. The van der Waals surface area contributed by atoms with Crippen LogP contribution in [-0.2, 0) is 4.79 Å². The lowest BCUT2D eigenvalue weighted by Crippen LogP contribution is -2.58. The second kappa shape index (κ2) is 8.65. The highest BCUT2D eigenvalue weighted by atomic mass is 35.5. The average molecular weight is 420 g/mol. The first-order chi connectivity index (χ1) is 13.4. The minimum atomic E-state index is -0.328. The maximum absolute atomic E-state index is 13.6. The lowest BCUT2D eigenvalue weighted by molar-refractivity contribution is -0.139. The molecule has 3 fully saturated rings. The normalized spacial score (nSPS) is 31.0. The van der Waals surface area contributed by atoms with E-state index in [2.05, 4.69) is 13.8 Å². The standard InChI is InChI=1S/C23H33N3O2.ClH/c1-23(2)15-25(13-12-20(23)24)22(28)19-14-17-10-6-7-11-18(17)26(19)21(27)16-8-4-3-5-9-16;/h3-5,8-9,17-20H,6-7,10-15,24H2,1-2H3;1H. The van der Waals surface area contributed by atoms with E-state index in [4.69, 9.17) is 5.73 Å². The largest absolute Gasteiger partial charge is 0.340 e. The summed E-state index contributed by atoms with van der Waals surface area (Å²) in [7, 11) is 0. The van der Waals surface area contributed by atoms with Gasteiger partial charge in [0.05, 0.1) is 0 Å². The molecule has 2 aliphatic heterocycles. The molecule has 1 aliphatic carbocycles. The van der Waals surface area contributed by atoms with Crippen LogP contribution in [0, 0.1) is 11.3 Å². The van der Waals surface area contributed by atoms with Gasteiger partial charge in [0.1, 0.15) is 6.04 Å². The van der Waals surface area contributed by atoms with E-state index in [1.165, 1.54) is 6.42 Å². The number of amides is 2. The number of carbonyl (C=O) groups excluding carboxylic acids is 2. The van der Waals surface area contributed by atoms with E-state index >= 15 is 0 Å². The molecular formula is C23H34ClN3O2. The van der Waals surface area contributed by atoms with Crippen molar-refractivity contribution in [3.63, 3.8) is 0 Å². The second-order valence-electron chi connectivity index (χ2n) is 9.59. The van der Waals surface area contributed by atoms with Gasteiger partial charge in [-0.3, -0.25) is 9.59 Å². The Morgan fingerprint density at radius 2 is 1.76 bits per heavy atom. The molecule has 5 nitrogen and oxygen atoms in total. The van der Waals surface area contributed by atoms with E-state index in [9.17, 15) is 9.59 Å². The number of likely N-dealkylation sites (tertiary alicyclic amines) is 2. The molecule has 160 valence electrons. The predicted molar refractivity (Wildman–Crippen MR) is 117 cm³/mol. The number of piperidine rings is 1. The van der Waals surface area contributed by atoms with Gasteiger partial charge in [0.25, 0.3) is 5.91 Å². The fourth-order valence-electron chi connectivity index (χ4n) is 5.48. The summed E-state index contributed by atoms with van der Waals surface area (Å²) in [5.74, 6) is 0.593. The van der Waals surface area contributed by atoms with Gasteiger partial charge in [-0.25, -0.2) is 0 Å². The molecule has 0 aromatic heterocycles. The number of rotatable bonds is 2. The van der Waals surface area contributed by atoms with Crippen molar-refractivity contribution in [1.29, 1.82) is 0 Å². The van der Waals surface area contributed by atoms with Crippen LogP contribution in [0.1, 0.15) is 62.7 Å². The Morgan fingerprint density at radius 3 is 2.45 bits per heavy atom. The Labute approximate surface area is 180 Å². The molecule has 2 heterocycles. The molecule has 1 aromatic rings. The fraction of sp³-hybridized carbons (Fsp3) is 0.652. The summed E-state index contributed by atoms with van der Waals surface area (Å²) < 4.78 is 0. The molecule has 0 spiro atoms. The van der Waals surface area contributed by atoms with Crippen LogP contribution in [0.3, 0.4) is 0 Å². The van der Waals surface area contributed by atoms with Crippen LogP contribution >= 0.6 is 12.4 Å². The van der Waals surface area contributed by atoms with E-state index in [1.807, 2.05) is 40.1 Å². The topological polar surface area (TPSA) is 66.6 Å². The maximum Gasteiger partial charge on any atom is 0.254 e. The van der Waals surface area contributed by atoms with Crippen molar-refractivity contribution in [3.8, 4) is 0 Å². The van der Waals surface area contributed by atoms with Crippen LogP contribution in [0.15, 0.2) is 30.3 Å². The van der Waals surface area contributed by atoms with Gasteiger partial charge in [-0.1, -0.05) is 44.9 Å². The van der Waals surface area contributed by atoms with E-state index in [1.54, 1.807) is 0 Å². The smallest absolute Gasteiger partial charge is 0.254 e. The zero-order valence-corrected chi connectivity index (χ0v) is 18.4. The van der Waals surface area contributed by atoms with Gasteiger partial charge in [0.15, 0.2) is 0 Å². The Kier molecular flexibility index (Phi) is 6.59. The molecule has 1 aromatic carbocycles. The number of fused-ring (bicyclic) bond motifs is 1. The van der Waals surface area contributed by atoms with Crippen LogP contribution in [0.25, 0.3) is 0 Å². The van der Waals surface area contributed by atoms with Crippen LogP contribution in [0.2, 0.25) is 0 Å². The quantitative estimate of drug-likeness (QED) is 0.798. The lowest BCUT2D eigenvalue weighted by atomic mass is 9.79. The monoisotopic (exact) mass is 419 g/mol. The molecule has 29 heavy (non-hydrogen) atoms. The van der Waals surface area contributed by atoms with Crippen LogP contribution < -0.4 is 5.73 Å². The van der Waals surface area contributed by atoms with Crippen LogP contribution in [0.4, 0.5) is 0 Å². The minimum Gasteiger partial charge on any atom is -0.340 e. The van der Waals surface area contributed by atoms with Crippen LogP contribution in [-0.4, -0.2) is 52.8 Å². The molecule has 4 unspecified atom stereocenters. The maximum atomic E-state index is 13.6. The number of halogens is 1. The molecule has 0 bridgehead atoms.